The first-order valence-corrected chi connectivity index (χ1v) is 12.4. The molecule has 2 heterocycles. The molecule has 0 spiro atoms. The lowest BCUT2D eigenvalue weighted by Gasteiger charge is -2.35. The summed E-state index contributed by atoms with van der Waals surface area (Å²) >= 11 is 6.09. The Morgan fingerprint density at radius 1 is 1.16 bits per heavy atom. The fourth-order valence-electron chi connectivity index (χ4n) is 3.71. The molecule has 0 unspecified atom stereocenters. The van der Waals surface area contributed by atoms with Crippen LogP contribution in [0, 0.1) is 0 Å². The van der Waals surface area contributed by atoms with E-state index in [-0.39, 0.29) is 16.5 Å². The summed E-state index contributed by atoms with van der Waals surface area (Å²) in [6, 6.07) is 7.53. The number of benzene rings is 1. The number of anilines is 1. The quantitative estimate of drug-likeness (QED) is 0.596. The summed E-state index contributed by atoms with van der Waals surface area (Å²) in [6.07, 6.45) is 3.14. The SMILES string of the molecule is CCCN(C)C(=O)c1cn(CCC)nc1S(=O)(=O)N1CCN(c2cccc(Cl)c2)CC1. The molecule has 1 aliphatic rings. The Labute approximate surface area is 189 Å². The minimum atomic E-state index is -3.90. The van der Waals surface area contributed by atoms with Crippen LogP contribution in [0.4, 0.5) is 5.69 Å². The van der Waals surface area contributed by atoms with Crippen LogP contribution in [0.3, 0.4) is 0 Å². The summed E-state index contributed by atoms with van der Waals surface area (Å²) < 4.78 is 29.9. The molecule has 2 aromatic rings. The third kappa shape index (κ3) is 5.22. The molecule has 1 aliphatic heterocycles. The van der Waals surface area contributed by atoms with Gasteiger partial charge >= 0.3 is 0 Å². The molecular weight excluding hydrogens is 438 g/mol. The van der Waals surface area contributed by atoms with E-state index in [2.05, 4.69) is 10.00 Å². The number of hydrogen-bond donors (Lipinski definition) is 0. The zero-order chi connectivity index (χ0) is 22.6. The van der Waals surface area contributed by atoms with Crippen LogP contribution in [0.1, 0.15) is 37.0 Å². The number of nitrogens with zero attached hydrogens (tertiary/aromatic N) is 5. The molecule has 0 aliphatic carbocycles. The van der Waals surface area contributed by atoms with Crippen molar-refractivity contribution in [2.75, 3.05) is 44.7 Å². The summed E-state index contributed by atoms with van der Waals surface area (Å²) in [5.74, 6) is -0.319. The van der Waals surface area contributed by atoms with Gasteiger partial charge in [0.05, 0.1) is 5.56 Å². The van der Waals surface area contributed by atoms with E-state index in [0.717, 1.165) is 18.5 Å². The van der Waals surface area contributed by atoms with Gasteiger partial charge in [-0.1, -0.05) is 31.5 Å². The molecule has 0 bridgehead atoms. The Hall–Kier alpha value is -2.10. The smallest absolute Gasteiger partial charge is 0.263 e. The minimum absolute atomic E-state index is 0.140. The van der Waals surface area contributed by atoms with Gasteiger partial charge in [-0.25, -0.2) is 8.42 Å². The maximum atomic E-state index is 13.4. The number of hydrogen-bond acceptors (Lipinski definition) is 5. The normalized spacial score (nSPS) is 15.3. The van der Waals surface area contributed by atoms with Crippen LogP contribution in [-0.4, -0.2) is 73.1 Å². The zero-order valence-electron chi connectivity index (χ0n) is 18.3. The summed E-state index contributed by atoms with van der Waals surface area (Å²) in [6.45, 7) is 6.76. The van der Waals surface area contributed by atoms with Crippen molar-refractivity contribution in [2.45, 2.75) is 38.3 Å². The molecule has 170 valence electrons. The standard InChI is InChI=1S/C21H30ClN5O3S/c1-4-9-24(3)21(28)19-16-26(10-5-2)23-20(19)31(29,30)27-13-11-25(12-14-27)18-8-6-7-17(22)15-18/h6-8,15-16H,4-5,9-14H2,1-3H3. The molecule has 0 radical (unpaired) electrons. The van der Waals surface area contributed by atoms with Crippen molar-refractivity contribution in [3.05, 3.63) is 41.0 Å². The summed E-state index contributed by atoms with van der Waals surface area (Å²) in [5.41, 5.74) is 1.11. The number of halogens is 1. The molecule has 0 N–H and O–H groups in total. The molecule has 8 nitrogen and oxygen atoms in total. The third-order valence-corrected chi connectivity index (χ3v) is 7.38. The van der Waals surface area contributed by atoms with Gasteiger partial charge in [0.1, 0.15) is 0 Å². The van der Waals surface area contributed by atoms with Crippen LogP contribution in [0.2, 0.25) is 5.02 Å². The van der Waals surface area contributed by atoms with Crippen LogP contribution >= 0.6 is 11.6 Å². The van der Waals surface area contributed by atoms with E-state index in [1.54, 1.807) is 22.8 Å². The van der Waals surface area contributed by atoms with Gasteiger partial charge in [0.25, 0.3) is 15.9 Å². The number of carbonyl (C=O) groups is 1. The van der Waals surface area contributed by atoms with Gasteiger partial charge in [0, 0.05) is 63.2 Å². The highest BCUT2D eigenvalue weighted by Crippen LogP contribution is 2.25. The van der Waals surface area contributed by atoms with Crippen LogP contribution in [0.25, 0.3) is 0 Å². The number of carbonyl (C=O) groups excluding carboxylic acids is 1. The maximum absolute atomic E-state index is 13.4. The Kier molecular flexibility index (Phi) is 7.61. The van der Waals surface area contributed by atoms with E-state index in [9.17, 15) is 13.2 Å². The molecule has 1 saturated heterocycles. The van der Waals surface area contributed by atoms with Crippen LogP contribution < -0.4 is 4.90 Å². The van der Waals surface area contributed by atoms with E-state index >= 15 is 0 Å². The van der Waals surface area contributed by atoms with E-state index in [4.69, 9.17) is 11.6 Å². The van der Waals surface area contributed by atoms with Crippen molar-refractivity contribution >= 4 is 33.2 Å². The van der Waals surface area contributed by atoms with Gasteiger partial charge in [0.2, 0.25) is 5.03 Å². The van der Waals surface area contributed by atoms with E-state index in [1.165, 1.54) is 4.31 Å². The molecule has 0 atom stereocenters. The largest absolute Gasteiger partial charge is 0.369 e. The van der Waals surface area contributed by atoms with Crippen LogP contribution in [-0.2, 0) is 16.6 Å². The van der Waals surface area contributed by atoms with Crippen molar-refractivity contribution in [3.63, 3.8) is 0 Å². The number of aromatic nitrogens is 2. The Morgan fingerprint density at radius 3 is 2.48 bits per heavy atom. The van der Waals surface area contributed by atoms with Gasteiger partial charge in [-0.15, -0.1) is 0 Å². The van der Waals surface area contributed by atoms with Crippen molar-refractivity contribution in [1.82, 2.24) is 19.0 Å². The number of amides is 1. The molecular formula is C21H30ClN5O3S. The zero-order valence-corrected chi connectivity index (χ0v) is 19.9. The molecule has 1 amide bonds. The topological polar surface area (TPSA) is 78.8 Å². The molecule has 0 saturated carbocycles. The predicted molar refractivity (Wildman–Crippen MR) is 122 cm³/mol. The Morgan fingerprint density at radius 2 is 1.87 bits per heavy atom. The first kappa shape index (κ1) is 23.6. The lowest BCUT2D eigenvalue weighted by atomic mass is 10.2. The summed E-state index contributed by atoms with van der Waals surface area (Å²) in [7, 11) is -2.21. The van der Waals surface area contributed by atoms with Crippen molar-refractivity contribution in [3.8, 4) is 0 Å². The van der Waals surface area contributed by atoms with Crippen molar-refractivity contribution < 1.29 is 13.2 Å². The van der Waals surface area contributed by atoms with Gasteiger partial charge in [0.15, 0.2) is 0 Å². The van der Waals surface area contributed by atoms with Crippen LogP contribution in [0.5, 0.6) is 0 Å². The van der Waals surface area contributed by atoms with Gasteiger partial charge in [-0.2, -0.15) is 9.40 Å². The highest BCUT2D eigenvalue weighted by Gasteiger charge is 2.35. The highest BCUT2D eigenvalue weighted by atomic mass is 35.5. The molecule has 1 fully saturated rings. The Balaban J connectivity index is 1.83. The predicted octanol–water partition coefficient (Wildman–Crippen LogP) is 2.94. The minimum Gasteiger partial charge on any atom is -0.369 e. The van der Waals surface area contributed by atoms with Gasteiger partial charge in [-0.3, -0.25) is 9.48 Å². The second-order valence-corrected chi connectivity index (χ2v) is 10.00. The maximum Gasteiger partial charge on any atom is 0.263 e. The van der Waals surface area contributed by atoms with E-state index < -0.39 is 10.0 Å². The Bertz CT molecular complexity index is 1020. The first-order valence-electron chi connectivity index (χ1n) is 10.6. The third-order valence-electron chi connectivity index (χ3n) is 5.31. The van der Waals surface area contributed by atoms with Crippen LogP contribution in [0.15, 0.2) is 35.5 Å². The van der Waals surface area contributed by atoms with Gasteiger partial charge < -0.3 is 9.80 Å². The fourth-order valence-corrected chi connectivity index (χ4v) is 5.41. The highest BCUT2D eigenvalue weighted by molar-refractivity contribution is 7.89. The van der Waals surface area contributed by atoms with Crippen molar-refractivity contribution in [1.29, 1.82) is 0 Å². The molecule has 1 aromatic carbocycles. The lowest BCUT2D eigenvalue weighted by Crippen LogP contribution is -2.49. The average molecular weight is 468 g/mol. The second-order valence-electron chi connectivity index (χ2n) is 7.71. The summed E-state index contributed by atoms with van der Waals surface area (Å²) in [5, 5.41) is 4.81. The van der Waals surface area contributed by atoms with Gasteiger partial charge in [-0.05, 0) is 31.0 Å². The first-order chi connectivity index (χ1) is 14.8. The van der Waals surface area contributed by atoms with E-state index in [0.29, 0.717) is 44.3 Å². The second kappa shape index (κ2) is 10.0. The summed E-state index contributed by atoms with van der Waals surface area (Å²) in [4.78, 5) is 16.6. The molecule has 1 aromatic heterocycles. The number of aryl methyl sites for hydroxylation is 1. The molecule has 31 heavy (non-hydrogen) atoms. The van der Waals surface area contributed by atoms with E-state index in [1.807, 2.05) is 38.1 Å². The number of rotatable bonds is 8. The molecule has 10 heteroatoms. The number of sulfonamides is 1. The number of piperazine rings is 1. The fraction of sp³-hybridized carbons (Fsp3) is 0.524. The average Bonchev–Trinajstić information content (AvgIpc) is 3.18. The monoisotopic (exact) mass is 467 g/mol. The van der Waals surface area contributed by atoms with Crippen molar-refractivity contribution in [2.24, 2.45) is 0 Å². The lowest BCUT2D eigenvalue weighted by molar-refractivity contribution is 0.0791. The molecule has 3 rings (SSSR count).